The zero-order chi connectivity index (χ0) is 13.0. The summed E-state index contributed by atoms with van der Waals surface area (Å²) in [6, 6.07) is 3.77. The Labute approximate surface area is 106 Å². The van der Waals surface area contributed by atoms with Crippen LogP contribution in [0, 0.1) is 0 Å². The van der Waals surface area contributed by atoms with Crippen molar-refractivity contribution in [3.05, 3.63) is 29.3 Å². The van der Waals surface area contributed by atoms with Crippen LogP contribution in [0.4, 0.5) is 0 Å². The summed E-state index contributed by atoms with van der Waals surface area (Å²) in [5.41, 5.74) is 0.149. The zero-order valence-electron chi connectivity index (χ0n) is 8.76. The van der Waals surface area contributed by atoms with Gasteiger partial charge in [-0.25, -0.2) is 4.79 Å². The van der Waals surface area contributed by atoms with Crippen molar-refractivity contribution in [2.24, 2.45) is 0 Å². The van der Waals surface area contributed by atoms with Crippen LogP contribution < -0.4 is 0 Å². The Morgan fingerprint density at radius 2 is 2.00 bits per heavy atom. The van der Waals surface area contributed by atoms with Crippen molar-refractivity contribution in [2.45, 2.75) is 12.5 Å². The van der Waals surface area contributed by atoms with Gasteiger partial charge in [0.05, 0.1) is 0 Å². The maximum absolute atomic E-state index is 11.5. The van der Waals surface area contributed by atoms with Gasteiger partial charge >= 0.3 is 5.97 Å². The van der Waals surface area contributed by atoms with Crippen molar-refractivity contribution in [1.29, 1.82) is 0 Å². The van der Waals surface area contributed by atoms with Crippen molar-refractivity contribution < 1.29 is 24.9 Å². The molecule has 3 N–H and O–H groups in total. The lowest BCUT2D eigenvalue weighted by atomic mass is 10.0. The van der Waals surface area contributed by atoms with Gasteiger partial charge in [0, 0.05) is 22.9 Å². The number of carbonyl (C=O) groups is 2. The standard InChI is InChI=1S/C11H11BrO5/c12-4-3-8(13)6-1-2-7(9(14)5-6)10(15)11(16)17/h1-2,5,10,14-15H,3-4H2,(H,16,17). The van der Waals surface area contributed by atoms with Gasteiger partial charge in [-0.15, -0.1) is 0 Å². The van der Waals surface area contributed by atoms with Gasteiger partial charge in [0.2, 0.25) is 0 Å². The molecule has 0 heterocycles. The number of hydrogen-bond acceptors (Lipinski definition) is 4. The first-order valence-corrected chi connectivity index (χ1v) is 5.92. The quantitative estimate of drug-likeness (QED) is 0.566. The summed E-state index contributed by atoms with van der Waals surface area (Å²) in [6.07, 6.45) is -1.52. The number of rotatable bonds is 5. The summed E-state index contributed by atoms with van der Waals surface area (Å²) >= 11 is 3.12. The van der Waals surface area contributed by atoms with E-state index < -0.39 is 17.8 Å². The molecule has 0 bridgehead atoms. The number of aliphatic hydroxyl groups is 1. The molecule has 1 unspecified atom stereocenters. The van der Waals surface area contributed by atoms with Gasteiger partial charge in [-0.1, -0.05) is 28.1 Å². The Kier molecular flexibility index (Phi) is 4.65. The normalized spacial score (nSPS) is 12.1. The van der Waals surface area contributed by atoms with Crippen LogP contribution in [-0.4, -0.2) is 32.4 Å². The Bertz CT molecular complexity index is 443. The lowest BCUT2D eigenvalue weighted by molar-refractivity contribution is -0.147. The van der Waals surface area contributed by atoms with Crippen molar-refractivity contribution in [2.75, 3.05) is 5.33 Å². The lowest BCUT2D eigenvalue weighted by Gasteiger charge is -2.09. The summed E-state index contributed by atoms with van der Waals surface area (Å²) in [6.45, 7) is 0. The highest BCUT2D eigenvalue weighted by Crippen LogP contribution is 2.26. The van der Waals surface area contributed by atoms with E-state index in [-0.39, 0.29) is 23.3 Å². The van der Waals surface area contributed by atoms with Crippen molar-refractivity contribution in [1.82, 2.24) is 0 Å². The van der Waals surface area contributed by atoms with E-state index in [4.69, 9.17) is 5.11 Å². The molecule has 5 nitrogen and oxygen atoms in total. The topological polar surface area (TPSA) is 94.8 Å². The number of benzene rings is 1. The Hall–Kier alpha value is -1.40. The molecule has 92 valence electrons. The monoisotopic (exact) mass is 302 g/mol. The number of phenols is 1. The van der Waals surface area contributed by atoms with E-state index in [9.17, 15) is 19.8 Å². The fourth-order valence-corrected chi connectivity index (χ4v) is 1.67. The van der Waals surface area contributed by atoms with Gasteiger partial charge in [0.1, 0.15) is 5.75 Å². The van der Waals surface area contributed by atoms with E-state index in [1.807, 2.05) is 0 Å². The van der Waals surface area contributed by atoms with Crippen LogP contribution in [0.15, 0.2) is 18.2 Å². The van der Waals surface area contributed by atoms with Crippen LogP contribution in [-0.2, 0) is 4.79 Å². The molecule has 0 saturated carbocycles. The molecule has 17 heavy (non-hydrogen) atoms. The molecule has 0 aliphatic heterocycles. The van der Waals surface area contributed by atoms with E-state index >= 15 is 0 Å². The zero-order valence-corrected chi connectivity index (χ0v) is 10.3. The van der Waals surface area contributed by atoms with Crippen molar-refractivity contribution in [3.63, 3.8) is 0 Å². The van der Waals surface area contributed by atoms with Gasteiger partial charge in [-0.05, 0) is 6.07 Å². The number of phenolic OH excluding ortho intramolecular Hbond substituents is 1. The van der Waals surface area contributed by atoms with Crippen LogP contribution in [0.25, 0.3) is 0 Å². The third kappa shape index (κ3) is 3.28. The maximum Gasteiger partial charge on any atom is 0.337 e. The molecule has 1 aromatic rings. The average Bonchev–Trinajstić information content (AvgIpc) is 2.28. The summed E-state index contributed by atoms with van der Waals surface area (Å²) in [4.78, 5) is 22.0. The molecule has 6 heteroatoms. The summed E-state index contributed by atoms with van der Waals surface area (Å²) < 4.78 is 0. The number of carboxylic acids is 1. The smallest absolute Gasteiger partial charge is 0.337 e. The molecule has 0 saturated heterocycles. The highest BCUT2D eigenvalue weighted by Gasteiger charge is 2.20. The van der Waals surface area contributed by atoms with Gasteiger partial charge in [0.25, 0.3) is 0 Å². The van der Waals surface area contributed by atoms with E-state index in [1.165, 1.54) is 12.1 Å². The molecule has 0 amide bonds. The number of alkyl halides is 1. The number of aromatic hydroxyl groups is 1. The van der Waals surface area contributed by atoms with Crippen LogP contribution in [0.5, 0.6) is 5.75 Å². The molecule has 0 radical (unpaired) electrons. The second-order valence-corrected chi connectivity index (χ2v) is 4.17. The molecule has 1 atom stereocenters. The maximum atomic E-state index is 11.5. The minimum Gasteiger partial charge on any atom is -0.508 e. The Morgan fingerprint density at radius 1 is 1.35 bits per heavy atom. The lowest BCUT2D eigenvalue weighted by Crippen LogP contribution is -2.11. The van der Waals surface area contributed by atoms with Crippen molar-refractivity contribution in [3.8, 4) is 5.75 Å². The first kappa shape index (κ1) is 13.7. The minimum absolute atomic E-state index is 0.132. The number of carbonyl (C=O) groups excluding carboxylic acids is 1. The molecule has 0 aliphatic rings. The predicted molar refractivity (Wildman–Crippen MR) is 63.4 cm³/mol. The average molecular weight is 303 g/mol. The molecule has 0 fully saturated rings. The number of aliphatic carboxylic acids is 1. The number of ketones is 1. The van der Waals surface area contributed by atoms with E-state index in [0.29, 0.717) is 5.33 Å². The SMILES string of the molecule is O=C(CCBr)c1ccc(C(O)C(=O)O)c(O)c1. The van der Waals surface area contributed by atoms with Crippen LogP contribution in [0.2, 0.25) is 0 Å². The molecular weight excluding hydrogens is 292 g/mol. The summed E-state index contributed by atoms with van der Waals surface area (Å²) in [5.74, 6) is -2.03. The second kappa shape index (κ2) is 5.79. The largest absolute Gasteiger partial charge is 0.508 e. The fraction of sp³-hybridized carbons (Fsp3) is 0.273. The third-order valence-electron chi connectivity index (χ3n) is 2.20. The molecule has 0 spiro atoms. The fourth-order valence-electron chi connectivity index (χ4n) is 1.31. The van der Waals surface area contributed by atoms with Crippen LogP contribution >= 0.6 is 15.9 Å². The number of Topliss-reactive ketones (excluding diaryl/α,β-unsaturated/α-hetero) is 1. The second-order valence-electron chi connectivity index (χ2n) is 3.38. The molecule has 1 aromatic carbocycles. The van der Waals surface area contributed by atoms with Crippen LogP contribution in [0.3, 0.4) is 0 Å². The summed E-state index contributed by atoms with van der Waals surface area (Å²) in [5, 5.41) is 27.9. The minimum atomic E-state index is -1.80. The molecule has 0 aromatic heterocycles. The van der Waals surface area contributed by atoms with Gasteiger partial charge in [-0.2, -0.15) is 0 Å². The molecular formula is C11H11BrO5. The molecule has 1 rings (SSSR count). The van der Waals surface area contributed by atoms with Gasteiger partial charge in [-0.3, -0.25) is 4.79 Å². The van der Waals surface area contributed by atoms with Gasteiger partial charge in [0.15, 0.2) is 11.9 Å². The predicted octanol–water partition coefficient (Wildman–Crippen LogP) is 1.48. The number of carboxylic acid groups (broad SMARTS) is 1. The van der Waals surface area contributed by atoms with Crippen molar-refractivity contribution >= 4 is 27.7 Å². The van der Waals surface area contributed by atoms with Gasteiger partial charge < -0.3 is 15.3 Å². The first-order valence-electron chi connectivity index (χ1n) is 4.80. The number of hydrogen-bond donors (Lipinski definition) is 3. The third-order valence-corrected chi connectivity index (χ3v) is 2.60. The Morgan fingerprint density at radius 3 is 2.47 bits per heavy atom. The van der Waals surface area contributed by atoms with E-state index in [0.717, 1.165) is 6.07 Å². The highest BCUT2D eigenvalue weighted by molar-refractivity contribution is 9.09. The van der Waals surface area contributed by atoms with Crippen LogP contribution in [0.1, 0.15) is 28.4 Å². The summed E-state index contributed by atoms with van der Waals surface area (Å²) in [7, 11) is 0. The highest BCUT2D eigenvalue weighted by atomic mass is 79.9. The number of aliphatic hydroxyl groups excluding tert-OH is 1. The Balaban J connectivity index is 3.01. The number of halogens is 1. The van der Waals surface area contributed by atoms with E-state index in [1.54, 1.807) is 0 Å². The molecule has 0 aliphatic carbocycles. The van der Waals surface area contributed by atoms with E-state index in [2.05, 4.69) is 15.9 Å². The first-order chi connectivity index (χ1) is 7.97.